The van der Waals surface area contributed by atoms with Gasteiger partial charge in [-0.2, -0.15) is 0 Å². The van der Waals surface area contributed by atoms with Crippen molar-refractivity contribution in [3.63, 3.8) is 0 Å². The Morgan fingerprint density at radius 1 is 0.543 bits per heavy atom. The maximum atomic E-state index is 5.01. The Morgan fingerprint density at radius 3 is 1.70 bits per heavy atom. The molecule has 0 saturated carbocycles. The third-order valence-corrected chi connectivity index (χ3v) is 8.52. The third kappa shape index (κ3) is 5.69. The van der Waals surface area contributed by atoms with Gasteiger partial charge in [0.15, 0.2) is 0 Å². The van der Waals surface area contributed by atoms with Crippen LogP contribution >= 0.6 is 0 Å². The molecule has 2 heteroatoms. The van der Waals surface area contributed by atoms with Gasteiger partial charge in [0.1, 0.15) is 0 Å². The van der Waals surface area contributed by atoms with Crippen molar-refractivity contribution in [2.24, 2.45) is 4.99 Å². The molecule has 2 nitrogen and oxygen atoms in total. The van der Waals surface area contributed by atoms with Gasteiger partial charge in [0, 0.05) is 29.4 Å². The number of nitrogens with zero attached hydrogens (tertiary/aromatic N) is 2. The maximum Gasteiger partial charge on any atom is 0.0448 e. The largest absolute Gasteiger partial charge is 0.264 e. The van der Waals surface area contributed by atoms with Crippen LogP contribution in [0.3, 0.4) is 0 Å². The standard InChI is InChI=1S/C44H34N2/c1-30(34-16-11-18-36(27-34)38-20-13-25-45-29-38)26-31(2)46-32(3)35-17-12-19-37(28-35)44-41-23-9-7-21-39(41)43(33-14-5-4-6-15-33)40-22-8-10-24-42(40)44/h4-29H,1H2,2-3H3/b31-26-,46-32?. The van der Waals surface area contributed by atoms with Crippen LogP contribution in [0.1, 0.15) is 25.0 Å². The van der Waals surface area contributed by atoms with Crippen molar-refractivity contribution >= 4 is 32.8 Å². The highest BCUT2D eigenvalue weighted by Crippen LogP contribution is 2.43. The molecule has 1 aromatic heterocycles. The van der Waals surface area contributed by atoms with Crippen molar-refractivity contribution < 1.29 is 0 Å². The van der Waals surface area contributed by atoms with Gasteiger partial charge in [0.25, 0.3) is 0 Å². The summed E-state index contributed by atoms with van der Waals surface area (Å²) >= 11 is 0. The van der Waals surface area contributed by atoms with E-state index in [4.69, 9.17) is 4.99 Å². The van der Waals surface area contributed by atoms with Crippen LogP contribution in [-0.4, -0.2) is 10.7 Å². The van der Waals surface area contributed by atoms with Gasteiger partial charge in [-0.25, -0.2) is 0 Å². The van der Waals surface area contributed by atoms with Crippen molar-refractivity contribution in [1.82, 2.24) is 4.98 Å². The van der Waals surface area contributed by atoms with Crippen molar-refractivity contribution in [1.29, 1.82) is 0 Å². The smallest absolute Gasteiger partial charge is 0.0448 e. The average molecular weight is 591 g/mol. The zero-order valence-corrected chi connectivity index (χ0v) is 26.1. The van der Waals surface area contributed by atoms with E-state index in [-0.39, 0.29) is 0 Å². The van der Waals surface area contributed by atoms with Crippen molar-refractivity contribution in [3.8, 4) is 33.4 Å². The topological polar surface area (TPSA) is 25.2 Å². The maximum absolute atomic E-state index is 5.01. The van der Waals surface area contributed by atoms with Gasteiger partial charge in [-0.05, 0) is 104 Å². The first kappa shape index (κ1) is 28.9. The molecule has 0 unspecified atom stereocenters. The number of rotatable bonds is 7. The molecule has 0 radical (unpaired) electrons. The van der Waals surface area contributed by atoms with E-state index >= 15 is 0 Å². The highest BCUT2D eigenvalue weighted by molar-refractivity contribution is 6.21. The fourth-order valence-corrected chi connectivity index (χ4v) is 6.38. The molecule has 1 heterocycles. The molecule has 220 valence electrons. The van der Waals surface area contributed by atoms with Crippen LogP contribution in [0.5, 0.6) is 0 Å². The minimum Gasteiger partial charge on any atom is -0.264 e. The summed E-state index contributed by atoms with van der Waals surface area (Å²) in [5.41, 5.74) is 12.1. The molecule has 0 saturated heterocycles. The molecule has 0 atom stereocenters. The van der Waals surface area contributed by atoms with E-state index in [0.717, 1.165) is 39.2 Å². The minimum atomic E-state index is 0.905. The number of allylic oxidation sites excluding steroid dienone is 3. The van der Waals surface area contributed by atoms with Gasteiger partial charge in [0.2, 0.25) is 0 Å². The number of benzene rings is 6. The molecule has 0 aliphatic rings. The van der Waals surface area contributed by atoms with Crippen LogP contribution < -0.4 is 0 Å². The summed E-state index contributed by atoms with van der Waals surface area (Å²) in [7, 11) is 0. The fraction of sp³-hybridized carbons (Fsp3) is 0.0455. The first-order valence-corrected chi connectivity index (χ1v) is 15.6. The molecule has 0 spiro atoms. The second-order valence-electron chi connectivity index (χ2n) is 11.6. The molecular weight excluding hydrogens is 556 g/mol. The number of aromatic nitrogens is 1. The number of fused-ring (bicyclic) bond motifs is 2. The van der Waals surface area contributed by atoms with Crippen LogP contribution in [0, 0.1) is 0 Å². The summed E-state index contributed by atoms with van der Waals surface area (Å²) in [6.07, 6.45) is 5.73. The SMILES string of the molecule is C=C(/C=C(/C)N=C(C)c1cccc(-c2c3ccccc3c(-c3ccccc3)c3ccccc23)c1)c1cccc(-c2cccnc2)c1. The van der Waals surface area contributed by atoms with Crippen LogP contribution in [0.4, 0.5) is 0 Å². The zero-order chi connectivity index (χ0) is 31.5. The fourth-order valence-electron chi connectivity index (χ4n) is 6.38. The lowest BCUT2D eigenvalue weighted by atomic mass is 9.85. The lowest BCUT2D eigenvalue weighted by molar-refractivity contribution is 1.29. The Kier molecular flexibility index (Phi) is 7.93. The highest BCUT2D eigenvalue weighted by Gasteiger charge is 2.16. The summed E-state index contributed by atoms with van der Waals surface area (Å²) in [5.74, 6) is 0. The molecule has 0 fully saturated rings. The predicted molar refractivity (Wildman–Crippen MR) is 197 cm³/mol. The van der Waals surface area contributed by atoms with E-state index < -0.39 is 0 Å². The van der Waals surface area contributed by atoms with Crippen molar-refractivity contribution in [2.45, 2.75) is 13.8 Å². The molecule has 0 aliphatic heterocycles. The van der Waals surface area contributed by atoms with E-state index in [2.05, 4.69) is 158 Å². The monoisotopic (exact) mass is 590 g/mol. The number of aliphatic imine (C=N–C) groups is 1. The van der Waals surface area contributed by atoms with Gasteiger partial charge in [-0.3, -0.25) is 9.98 Å². The molecule has 7 rings (SSSR count). The molecule has 0 amide bonds. The lowest BCUT2D eigenvalue weighted by Gasteiger charge is -2.18. The van der Waals surface area contributed by atoms with Gasteiger partial charge < -0.3 is 0 Å². The summed E-state index contributed by atoms with van der Waals surface area (Å²) in [5, 5.41) is 4.99. The summed E-state index contributed by atoms with van der Waals surface area (Å²) in [6, 6.07) is 49.5. The normalized spacial score (nSPS) is 12.0. The predicted octanol–water partition coefficient (Wildman–Crippen LogP) is 11.8. The van der Waals surface area contributed by atoms with Gasteiger partial charge >= 0.3 is 0 Å². The molecule has 0 N–H and O–H groups in total. The average Bonchev–Trinajstić information content (AvgIpc) is 3.11. The second-order valence-corrected chi connectivity index (χ2v) is 11.6. The first-order chi connectivity index (χ1) is 22.6. The van der Waals surface area contributed by atoms with Crippen LogP contribution in [0.2, 0.25) is 0 Å². The third-order valence-electron chi connectivity index (χ3n) is 8.52. The molecule has 7 aromatic rings. The van der Waals surface area contributed by atoms with Crippen LogP contribution in [0.15, 0.2) is 175 Å². The first-order valence-electron chi connectivity index (χ1n) is 15.6. The van der Waals surface area contributed by atoms with Crippen molar-refractivity contribution in [2.75, 3.05) is 0 Å². The Balaban J connectivity index is 1.26. The number of hydrogen-bond donors (Lipinski definition) is 0. The van der Waals surface area contributed by atoms with E-state index in [9.17, 15) is 0 Å². The van der Waals surface area contributed by atoms with Crippen LogP contribution in [0.25, 0.3) is 60.5 Å². The molecule has 46 heavy (non-hydrogen) atoms. The van der Waals surface area contributed by atoms with Gasteiger partial charge in [-0.15, -0.1) is 0 Å². The molecular formula is C44H34N2. The minimum absolute atomic E-state index is 0.905. The van der Waals surface area contributed by atoms with Crippen LogP contribution in [-0.2, 0) is 0 Å². The van der Waals surface area contributed by atoms with E-state index in [1.54, 1.807) is 6.20 Å². The molecule has 0 aliphatic carbocycles. The number of pyridine rings is 1. The Morgan fingerprint density at radius 2 is 1.07 bits per heavy atom. The Bertz CT molecular complexity index is 2220. The number of hydrogen-bond acceptors (Lipinski definition) is 2. The molecule has 0 bridgehead atoms. The van der Waals surface area contributed by atoms with Gasteiger partial charge in [0.05, 0.1) is 0 Å². The molecule has 6 aromatic carbocycles. The second kappa shape index (κ2) is 12.6. The van der Waals surface area contributed by atoms with Crippen molar-refractivity contribution in [3.05, 3.63) is 181 Å². The zero-order valence-electron chi connectivity index (χ0n) is 26.1. The summed E-state index contributed by atoms with van der Waals surface area (Å²) < 4.78 is 0. The lowest BCUT2D eigenvalue weighted by Crippen LogP contribution is -1.97. The Hall–Kier alpha value is -5.86. The van der Waals surface area contributed by atoms with E-state index in [1.807, 2.05) is 19.2 Å². The van der Waals surface area contributed by atoms with Gasteiger partial charge in [-0.1, -0.05) is 128 Å². The highest BCUT2D eigenvalue weighted by atomic mass is 14.7. The summed E-state index contributed by atoms with van der Waals surface area (Å²) in [6.45, 7) is 8.47. The quantitative estimate of drug-likeness (QED) is 0.103. The summed E-state index contributed by atoms with van der Waals surface area (Å²) in [4.78, 5) is 9.28. The van der Waals surface area contributed by atoms with E-state index in [1.165, 1.54) is 43.8 Å². The van der Waals surface area contributed by atoms with E-state index in [0.29, 0.717) is 0 Å². The Labute approximate surface area is 270 Å².